The van der Waals surface area contributed by atoms with E-state index in [-0.39, 0.29) is 0 Å². The molecule has 5 heteroatoms. The molecule has 0 radical (unpaired) electrons. The van der Waals surface area contributed by atoms with Crippen LogP contribution in [0.3, 0.4) is 0 Å². The van der Waals surface area contributed by atoms with E-state index in [2.05, 4.69) is 29.1 Å². The van der Waals surface area contributed by atoms with Gasteiger partial charge in [0.2, 0.25) is 0 Å². The van der Waals surface area contributed by atoms with Crippen LogP contribution in [0.25, 0.3) is 0 Å². The quantitative estimate of drug-likeness (QED) is 0.910. The molecule has 1 N–H and O–H groups in total. The third kappa shape index (κ3) is 2.48. The summed E-state index contributed by atoms with van der Waals surface area (Å²) in [5.41, 5.74) is 3.03. The lowest BCUT2D eigenvalue weighted by Gasteiger charge is -2.13. The summed E-state index contributed by atoms with van der Waals surface area (Å²) in [6.45, 7) is 4.14. The van der Waals surface area contributed by atoms with Crippen LogP contribution in [0.2, 0.25) is 0 Å². The molecule has 2 rings (SSSR count). The van der Waals surface area contributed by atoms with Gasteiger partial charge in [-0.25, -0.2) is 4.98 Å². The van der Waals surface area contributed by atoms with Crippen LogP contribution >= 0.6 is 22.7 Å². The van der Waals surface area contributed by atoms with E-state index in [0.29, 0.717) is 6.04 Å². The summed E-state index contributed by atoms with van der Waals surface area (Å²) in [5.74, 6) is 0. The molecule has 0 aliphatic rings. The zero-order valence-corrected chi connectivity index (χ0v) is 11.3. The molecule has 0 aromatic carbocycles. The summed E-state index contributed by atoms with van der Waals surface area (Å²) < 4.78 is 0. The summed E-state index contributed by atoms with van der Waals surface area (Å²) in [4.78, 5) is 11.2. The minimum absolute atomic E-state index is 0.353. The zero-order chi connectivity index (χ0) is 11.5. The maximum absolute atomic E-state index is 4.48. The highest BCUT2D eigenvalue weighted by Crippen LogP contribution is 2.27. The molecule has 0 saturated heterocycles. The Bertz CT molecular complexity index is 448. The maximum Gasteiger partial charge on any atom is 0.0900 e. The first-order valence-electron chi connectivity index (χ1n) is 5.19. The molecule has 2 aromatic rings. The van der Waals surface area contributed by atoms with E-state index in [4.69, 9.17) is 0 Å². The molecule has 0 fully saturated rings. The second kappa shape index (κ2) is 5.03. The molecular formula is C11H15N3S2. The molecule has 86 valence electrons. The predicted molar refractivity (Wildman–Crippen MR) is 69.2 cm³/mol. The molecular weight excluding hydrogens is 238 g/mol. The number of nitrogens with one attached hydrogen (secondary N) is 1. The van der Waals surface area contributed by atoms with E-state index in [1.54, 1.807) is 22.7 Å². The molecule has 3 nitrogen and oxygen atoms in total. The largest absolute Gasteiger partial charge is 0.312 e. The van der Waals surface area contributed by atoms with Crippen molar-refractivity contribution in [2.24, 2.45) is 0 Å². The van der Waals surface area contributed by atoms with Crippen LogP contribution in [0.1, 0.15) is 26.5 Å². The summed E-state index contributed by atoms with van der Waals surface area (Å²) >= 11 is 3.49. The molecule has 2 aromatic heterocycles. The highest BCUT2D eigenvalue weighted by atomic mass is 32.1. The third-order valence-corrected chi connectivity index (χ3v) is 4.48. The number of thiazole rings is 2. The molecule has 0 aliphatic carbocycles. The Morgan fingerprint density at radius 2 is 2.25 bits per heavy atom. The zero-order valence-electron chi connectivity index (χ0n) is 9.65. The van der Waals surface area contributed by atoms with Crippen molar-refractivity contribution >= 4 is 22.7 Å². The molecule has 0 amide bonds. The van der Waals surface area contributed by atoms with Crippen molar-refractivity contribution in [3.05, 3.63) is 32.2 Å². The van der Waals surface area contributed by atoms with Crippen molar-refractivity contribution in [3.63, 3.8) is 0 Å². The van der Waals surface area contributed by atoms with E-state index in [1.807, 2.05) is 18.8 Å². The van der Waals surface area contributed by atoms with E-state index in [9.17, 15) is 0 Å². The average molecular weight is 253 g/mol. The predicted octanol–water partition coefficient (Wildman–Crippen LogP) is 2.72. The summed E-state index contributed by atoms with van der Waals surface area (Å²) in [7, 11) is 2.00. The van der Waals surface area contributed by atoms with Gasteiger partial charge in [0, 0.05) is 28.4 Å². The van der Waals surface area contributed by atoms with Gasteiger partial charge in [0.15, 0.2) is 0 Å². The molecule has 1 unspecified atom stereocenters. The Balaban J connectivity index is 2.19. The van der Waals surface area contributed by atoms with Gasteiger partial charge in [-0.3, -0.25) is 4.98 Å². The lowest BCUT2D eigenvalue weighted by Crippen LogP contribution is -2.18. The number of nitrogens with zero attached hydrogens (tertiary/aromatic N) is 2. The Morgan fingerprint density at radius 3 is 2.75 bits per heavy atom. The van der Waals surface area contributed by atoms with Crippen molar-refractivity contribution < 1.29 is 0 Å². The van der Waals surface area contributed by atoms with E-state index < -0.39 is 0 Å². The molecule has 16 heavy (non-hydrogen) atoms. The normalized spacial score (nSPS) is 12.9. The number of hydrogen-bond donors (Lipinski definition) is 1. The molecule has 0 spiro atoms. The Morgan fingerprint density at radius 1 is 1.44 bits per heavy atom. The number of aryl methyl sites for hydroxylation is 2. The molecule has 0 bridgehead atoms. The van der Waals surface area contributed by atoms with E-state index in [0.717, 1.165) is 17.1 Å². The Hall–Kier alpha value is -0.780. The van der Waals surface area contributed by atoms with Gasteiger partial charge in [0.05, 0.1) is 16.2 Å². The highest BCUT2D eigenvalue weighted by Gasteiger charge is 2.16. The van der Waals surface area contributed by atoms with Crippen molar-refractivity contribution in [2.75, 3.05) is 7.05 Å². The molecule has 0 saturated carbocycles. The number of hydrogen-bond acceptors (Lipinski definition) is 5. The first-order chi connectivity index (χ1) is 7.70. The third-order valence-electron chi connectivity index (χ3n) is 2.49. The number of aromatic nitrogens is 2. The van der Waals surface area contributed by atoms with Crippen LogP contribution < -0.4 is 5.32 Å². The second-order valence-corrected chi connectivity index (χ2v) is 5.90. The maximum atomic E-state index is 4.48. The van der Waals surface area contributed by atoms with Gasteiger partial charge in [0.1, 0.15) is 0 Å². The van der Waals surface area contributed by atoms with Crippen LogP contribution in [0.15, 0.2) is 11.7 Å². The monoisotopic (exact) mass is 253 g/mol. The SMILES string of the molecule is CNC(Cc1cncs1)c1sc(C)nc1C. The Kier molecular flexibility index (Phi) is 3.68. The fourth-order valence-corrected chi connectivity index (χ4v) is 3.42. The standard InChI is InChI=1S/C11H15N3S2/c1-7-11(16-8(2)14-7)10(12-3)4-9-5-13-6-15-9/h5-6,10,12H,4H2,1-3H3. The van der Waals surface area contributed by atoms with Crippen LogP contribution in [0, 0.1) is 13.8 Å². The van der Waals surface area contributed by atoms with Gasteiger partial charge >= 0.3 is 0 Å². The summed E-state index contributed by atoms with van der Waals surface area (Å²) in [6.07, 6.45) is 2.93. The van der Waals surface area contributed by atoms with Gasteiger partial charge in [-0.05, 0) is 20.9 Å². The topological polar surface area (TPSA) is 37.8 Å². The fourth-order valence-electron chi connectivity index (χ4n) is 1.74. The van der Waals surface area contributed by atoms with Crippen molar-refractivity contribution in [1.29, 1.82) is 0 Å². The van der Waals surface area contributed by atoms with Crippen LogP contribution in [0.4, 0.5) is 0 Å². The van der Waals surface area contributed by atoms with Gasteiger partial charge in [-0.1, -0.05) is 0 Å². The second-order valence-electron chi connectivity index (χ2n) is 3.70. The van der Waals surface area contributed by atoms with Gasteiger partial charge < -0.3 is 5.32 Å². The lowest BCUT2D eigenvalue weighted by atomic mass is 10.1. The number of rotatable bonds is 4. The van der Waals surface area contributed by atoms with Crippen LogP contribution in [-0.4, -0.2) is 17.0 Å². The van der Waals surface area contributed by atoms with Gasteiger partial charge in [-0.15, -0.1) is 22.7 Å². The van der Waals surface area contributed by atoms with Gasteiger partial charge in [0.25, 0.3) is 0 Å². The van der Waals surface area contributed by atoms with E-state index in [1.165, 1.54) is 9.75 Å². The van der Waals surface area contributed by atoms with Crippen molar-refractivity contribution in [3.8, 4) is 0 Å². The molecule has 0 aliphatic heterocycles. The van der Waals surface area contributed by atoms with Gasteiger partial charge in [-0.2, -0.15) is 0 Å². The smallest absolute Gasteiger partial charge is 0.0900 e. The average Bonchev–Trinajstić information content (AvgIpc) is 2.85. The summed E-state index contributed by atoms with van der Waals surface area (Å²) in [6, 6.07) is 0.353. The highest BCUT2D eigenvalue weighted by molar-refractivity contribution is 7.11. The summed E-state index contributed by atoms with van der Waals surface area (Å²) in [5, 5.41) is 4.50. The van der Waals surface area contributed by atoms with E-state index >= 15 is 0 Å². The lowest BCUT2D eigenvalue weighted by molar-refractivity contribution is 0.602. The van der Waals surface area contributed by atoms with Crippen molar-refractivity contribution in [1.82, 2.24) is 15.3 Å². The Labute approximate surface area is 104 Å². The number of likely N-dealkylation sites (N-methyl/N-ethyl adjacent to an activating group) is 1. The van der Waals surface area contributed by atoms with Crippen molar-refractivity contribution in [2.45, 2.75) is 26.3 Å². The first-order valence-corrected chi connectivity index (χ1v) is 6.89. The fraction of sp³-hybridized carbons (Fsp3) is 0.455. The van der Waals surface area contributed by atoms with Crippen LogP contribution in [0.5, 0.6) is 0 Å². The minimum atomic E-state index is 0.353. The molecule has 2 heterocycles. The molecule has 1 atom stereocenters. The first kappa shape index (κ1) is 11.7. The van der Waals surface area contributed by atoms with Crippen LogP contribution in [-0.2, 0) is 6.42 Å². The minimum Gasteiger partial charge on any atom is -0.312 e.